The molecule has 2 N–H and O–H groups in total. The zero-order valence-corrected chi connectivity index (χ0v) is 10.9. The van der Waals surface area contributed by atoms with Gasteiger partial charge in [-0.3, -0.25) is 4.79 Å². The number of carbonyl (C=O) groups is 2. The molecule has 0 aliphatic rings. The normalized spacial score (nSPS) is 11.8. The summed E-state index contributed by atoms with van der Waals surface area (Å²) in [6.07, 6.45) is -0.334. The van der Waals surface area contributed by atoms with Crippen molar-refractivity contribution >= 4 is 23.5 Å². The van der Waals surface area contributed by atoms with Crippen LogP contribution in [0.3, 0.4) is 0 Å². The highest BCUT2D eigenvalue weighted by molar-refractivity contribution is 6.31. The first-order valence-electron chi connectivity index (χ1n) is 5.40. The predicted molar refractivity (Wildman–Crippen MR) is 66.1 cm³/mol. The van der Waals surface area contributed by atoms with Crippen LogP contribution in [0.15, 0.2) is 18.2 Å². The van der Waals surface area contributed by atoms with Crippen LogP contribution in [0.4, 0.5) is 4.39 Å². The Bertz CT molecular complexity index is 461. The van der Waals surface area contributed by atoms with Gasteiger partial charge < -0.3 is 15.2 Å². The van der Waals surface area contributed by atoms with E-state index in [0.29, 0.717) is 0 Å². The Balaban J connectivity index is 2.72. The van der Waals surface area contributed by atoms with Gasteiger partial charge >= 0.3 is 5.97 Å². The van der Waals surface area contributed by atoms with Crippen molar-refractivity contribution in [3.8, 4) is 0 Å². The number of nitrogens with one attached hydrogen (secondary N) is 1. The van der Waals surface area contributed by atoms with Gasteiger partial charge in [-0.25, -0.2) is 9.18 Å². The minimum absolute atomic E-state index is 0.0308. The highest BCUT2D eigenvalue weighted by atomic mass is 35.5. The summed E-state index contributed by atoms with van der Waals surface area (Å²) in [6.45, 7) is -0.608. The molecule has 0 aliphatic carbocycles. The lowest BCUT2D eigenvalue weighted by Crippen LogP contribution is -2.44. The molecule has 0 saturated heterocycles. The van der Waals surface area contributed by atoms with E-state index in [2.05, 4.69) is 10.1 Å². The molecule has 0 radical (unpaired) electrons. The van der Waals surface area contributed by atoms with Crippen LogP contribution >= 0.6 is 11.6 Å². The third-order valence-corrected chi connectivity index (χ3v) is 2.76. The summed E-state index contributed by atoms with van der Waals surface area (Å²) in [5, 5.41) is 11.3. The Morgan fingerprint density at radius 3 is 2.74 bits per heavy atom. The minimum Gasteiger partial charge on any atom is -0.467 e. The molecule has 1 rings (SSSR count). The number of hydrogen-bond acceptors (Lipinski definition) is 4. The maximum Gasteiger partial charge on any atom is 0.330 e. The number of halogens is 2. The smallest absolute Gasteiger partial charge is 0.330 e. The highest BCUT2D eigenvalue weighted by Gasteiger charge is 2.21. The summed E-state index contributed by atoms with van der Waals surface area (Å²) in [5.41, 5.74) is 0.0308. The topological polar surface area (TPSA) is 75.6 Å². The molecule has 0 unspecified atom stereocenters. The molecule has 5 nitrogen and oxygen atoms in total. The minimum atomic E-state index is -1.18. The van der Waals surface area contributed by atoms with E-state index in [9.17, 15) is 14.0 Å². The van der Waals surface area contributed by atoms with Crippen molar-refractivity contribution in [2.45, 2.75) is 12.5 Å². The molecule has 1 atom stereocenters. The number of aliphatic hydroxyl groups is 1. The average Bonchev–Trinajstić information content (AvgIpc) is 2.39. The molecule has 1 amide bonds. The van der Waals surface area contributed by atoms with Gasteiger partial charge in [-0.05, 0) is 12.1 Å². The lowest BCUT2D eigenvalue weighted by molar-refractivity contribution is -0.146. The Morgan fingerprint density at radius 1 is 1.53 bits per heavy atom. The second-order valence-corrected chi connectivity index (χ2v) is 4.11. The molecule has 0 fully saturated rings. The van der Waals surface area contributed by atoms with Crippen LogP contribution < -0.4 is 5.32 Å². The zero-order valence-electron chi connectivity index (χ0n) is 10.2. The maximum atomic E-state index is 13.4. The standard InChI is InChI=1S/C12H13ClFNO4/c1-19-12(18)10(6-16)15-11(17)5-7-8(13)3-2-4-9(7)14/h2-4,10,16H,5-6H2,1H3,(H,15,17)/t10-/m0/s1. The van der Waals surface area contributed by atoms with E-state index in [0.717, 1.165) is 7.11 Å². The lowest BCUT2D eigenvalue weighted by atomic mass is 10.1. The number of carbonyl (C=O) groups excluding carboxylic acids is 2. The van der Waals surface area contributed by atoms with Crippen molar-refractivity contribution in [3.63, 3.8) is 0 Å². The Kier molecular flexibility index (Phi) is 5.72. The first kappa shape index (κ1) is 15.4. The highest BCUT2D eigenvalue weighted by Crippen LogP contribution is 2.19. The average molecular weight is 290 g/mol. The summed E-state index contributed by atoms with van der Waals surface area (Å²) < 4.78 is 17.8. The van der Waals surface area contributed by atoms with Crippen LogP contribution in [0.2, 0.25) is 5.02 Å². The molecular formula is C12H13ClFNO4. The van der Waals surface area contributed by atoms with Gasteiger partial charge in [-0.15, -0.1) is 0 Å². The van der Waals surface area contributed by atoms with Gasteiger partial charge in [-0.2, -0.15) is 0 Å². The van der Waals surface area contributed by atoms with E-state index in [4.69, 9.17) is 16.7 Å². The summed E-state index contributed by atoms with van der Waals surface area (Å²) >= 11 is 5.77. The first-order valence-corrected chi connectivity index (χ1v) is 5.78. The van der Waals surface area contributed by atoms with E-state index in [-0.39, 0.29) is 17.0 Å². The van der Waals surface area contributed by atoms with E-state index < -0.39 is 30.3 Å². The van der Waals surface area contributed by atoms with Crippen LogP contribution in [-0.4, -0.2) is 36.7 Å². The monoisotopic (exact) mass is 289 g/mol. The lowest BCUT2D eigenvalue weighted by Gasteiger charge is -2.14. The third kappa shape index (κ3) is 4.18. The molecule has 1 aromatic carbocycles. The van der Waals surface area contributed by atoms with Crippen LogP contribution in [0, 0.1) is 5.82 Å². The van der Waals surface area contributed by atoms with Crippen LogP contribution in [0.1, 0.15) is 5.56 Å². The largest absolute Gasteiger partial charge is 0.467 e. The molecule has 0 bridgehead atoms. The van der Waals surface area contributed by atoms with Crippen molar-refractivity contribution in [1.82, 2.24) is 5.32 Å². The SMILES string of the molecule is COC(=O)[C@H](CO)NC(=O)Cc1c(F)cccc1Cl. The van der Waals surface area contributed by atoms with Gasteiger partial charge in [0.1, 0.15) is 5.82 Å². The zero-order chi connectivity index (χ0) is 14.4. The second kappa shape index (κ2) is 7.06. The summed E-state index contributed by atoms with van der Waals surface area (Å²) in [6, 6.07) is 2.88. The Morgan fingerprint density at radius 2 is 2.21 bits per heavy atom. The summed E-state index contributed by atoms with van der Waals surface area (Å²) in [5.74, 6) is -2.03. The number of ether oxygens (including phenoxy) is 1. The van der Waals surface area contributed by atoms with E-state index in [1.165, 1.54) is 18.2 Å². The van der Waals surface area contributed by atoms with Gasteiger partial charge in [0.2, 0.25) is 5.91 Å². The van der Waals surface area contributed by atoms with Crippen LogP contribution in [0.25, 0.3) is 0 Å². The molecule has 0 heterocycles. The van der Waals surface area contributed by atoms with Gasteiger partial charge in [0, 0.05) is 10.6 Å². The van der Waals surface area contributed by atoms with Crippen LogP contribution in [-0.2, 0) is 20.7 Å². The number of rotatable bonds is 5. The molecule has 0 spiro atoms. The van der Waals surface area contributed by atoms with Crippen molar-refractivity contribution < 1.29 is 23.8 Å². The Labute approximate surface area is 114 Å². The quantitative estimate of drug-likeness (QED) is 0.781. The molecule has 19 heavy (non-hydrogen) atoms. The van der Waals surface area contributed by atoms with Gasteiger partial charge in [0.25, 0.3) is 0 Å². The van der Waals surface area contributed by atoms with Gasteiger partial charge in [0.15, 0.2) is 6.04 Å². The van der Waals surface area contributed by atoms with E-state index >= 15 is 0 Å². The van der Waals surface area contributed by atoms with E-state index in [1.807, 2.05) is 0 Å². The third-order valence-electron chi connectivity index (χ3n) is 2.40. The fourth-order valence-electron chi connectivity index (χ4n) is 1.43. The number of esters is 1. The number of benzene rings is 1. The number of amides is 1. The number of methoxy groups -OCH3 is 1. The molecule has 7 heteroatoms. The summed E-state index contributed by atoms with van der Waals surface area (Å²) in [7, 11) is 1.13. The van der Waals surface area contributed by atoms with E-state index in [1.54, 1.807) is 0 Å². The van der Waals surface area contributed by atoms with Crippen molar-refractivity contribution in [1.29, 1.82) is 0 Å². The first-order chi connectivity index (χ1) is 8.99. The van der Waals surface area contributed by atoms with Crippen molar-refractivity contribution in [2.75, 3.05) is 13.7 Å². The van der Waals surface area contributed by atoms with Gasteiger partial charge in [-0.1, -0.05) is 17.7 Å². The number of aliphatic hydroxyl groups excluding tert-OH is 1. The molecule has 0 saturated carbocycles. The maximum absolute atomic E-state index is 13.4. The molecule has 0 aliphatic heterocycles. The fourth-order valence-corrected chi connectivity index (χ4v) is 1.66. The predicted octanol–water partition coefficient (Wildman–Crippen LogP) is 0.672. The summed E-state index contributed by atoms with van der Waals surface area (Å²) in [4.78, 5) is 22.8. The second-order valence-electron chi connectivity index (χ2n) is 3.70. The molecular weight excluding hydrogens is 277 g/mol. The fraction of sp³-hybridized carbons (Fsp3) is 0.333. The van der Waals surface area contributed by atoms with Crippen LogP contribution in [0.5, 0.6) is 0 Å². The Hall–Kier alpha value is -1.66. The van der Waals surface area contributed by atoms with Crippen molar-refractivity contribution in [3.05, 3.63) is 34.6 Å². The molecule has 104 valence electrons. The molecule has 0 aromatic heterocycles. The van der Waals surface area contributed by atoms with Gasteiger partial charge in [0.05, 0.1) is 20.1 Å². The number of hydrogen-bond donors (Lipinski definition) is 2. The van der Waals surface area contributed by atoms with Crippen molar-refractivity contribution in [2.24, 2.45) is 0 Å². The molecule has 1 aromatic rings.